The second kappa shape index (κ2) is 8.81. The lowest BCUT2D eigenvalue weighted by molar-refractivity contribution is -0.141. The first-order chi connectivity index (χ1) is 11.4. The molecule has 0 bridgehead atoms. The summed E-state index contributed by atoms with van der Waals surface area (Å²) < 4.78 is 5.31. The summed E-state index contributed by atoms with van der Waals surface area (Å²) in [7, 11) is 0. The second-order valence-corrected chi connectivity index (χ2v) is 7.48. The van der Waals surface area contributed by atoms with Gasteiger partial charge < -0.3 is 14.5 Å². The molecule has 0 aliphatic carbocycles. The van der Waals surface area contributed by atoms with Gasteiger partial charge in [-0.05, 0) is 53.6 Å². The predicted molar refractivity (Wildman–Crippen MR) is 93.7 cm³/mol. The molecule has 0 aromatic carbocycles. The molecule has 6 nitrogen and oxygen atoms in total. The zero-order valence-electron chi connectivity index (χ0n) is 15.7. The summed E-state index contributed by atoms with van der Waals surface area (Å²) in [6.45, 7) is 13.1. The molecule has 2 aliphatic heterocycles. The van der Waals surface area contributed by atoms with E-state index >= 15 is 0 Å². The maximum absolute atomic E-state index is 12.6. The largest absolute Gasteiger partial charge is 0.378 e. The molecule has 24 heavy (non-hydrogen) atoms. The summed E-state index contributed by atoms with van der Waals surface area (Å²) >= 11 is 0. The molecule has 0 aromatic heterocycles. The van der Waals surface area contributed by atoms with Gasteiger partial charge in [-0.2, -0.15) is 0 Å². The molecule has 0 spiro atoms. The monoisotopic (exact) mass is 339 g/mol. The first-order valence-corrected chi connectivity index (χ1v) is 9.30. The van der Waals surface area contributed by atoms with Crippen LogP contribution in [0.1, 0.15) is 40.5 Å². The Balaban J connectivity index is 1.79. The Labute approximate surface area is 146 Å². The predicted octanol–water partition coefficient (Wildman–Crippen LogP) is 1.20. The molecule has 0 saturated carbocycles. The van der Waals surface area contributed by atoms with Crippen LogP contribution in [0.2, 0.25) is 0 Å². The van der Waals surface area contributed by atoms with Crippen molar-refractivity contribution in [3.05, 3.63) is 0 Å². The molecule has 0 radical (unpaired) electrons. The topological polar surface area (TPSA) is 53.1 Å². The minimum Gasteiger partial charge on any atom is -0.378 e. The van der Waals surface area contributed by atoms with E-state index in [1.165, 1.54) is 0 Å². The van der Waals surface area contributed by atoms with E-state index in [2.05, 4.69) is 32.6 Å². The van der Waals surface area contributed by atoms with E-state index in [-0.39, 0.29) is 29.8 Å². The third kappa shape index (κ3) is 4.93. The average molecular weight is 339 g/mol. The Morgan fingerprint density at radius 1 is 1.00 bits per heavy atom. The van der Waals surface area contributed by atoms with E-state index < -0.39 is 0 Å². The Hall–Kier alpha value is -1.14. The van der Waals surface area contributed by atoms with E-state index in [1.54, 1.807) is 0 Å². The van der Waals surface area contributed by atoms with E-state index in [4.69, 9.17) is 4.74 Å². The molecule has 2 rings (SSSR count). The van der Waals surface area contributed by atoms with Gasteiger partial charge in [0.1, 0.15) is 0 Å². The van der Waals surface area contributed by atoms with Crippen LogP contribution in [0.4, 0.5) is 0 Å². The van der Waals surface area contributed by atoms with Crippen LogP contribution < -0.4 is 0 Å². The van der Waals surface area contributed by atoms with Gasteiger partial charge in [0.2, 0.25) is 11.8 Å². The number of piperidine rings is 1. The third-order valence-electron chi connectivity index (χ3n) is 5.02. The van der Waals surface area contributed by atoms with Gasteiger partial charge in [-0.25, -0.2) is 0 Å². The highest BCUT2D eigenvalue weighted by Crippen LogP contribution is 2.20. The summed E-state index contributed by atoms with van der Waals surface area (Å²) in [5, 5.41) is 0. The molecular weight excluding hydrogens is 306 g/mol. The van der Waals surface area contributed by atoms with Crippen molar-refractivity contribution < 1.29 is 14.3 Å². The van der Waals surface area contributed by atoms with Gasteiger partial charge in [0.25, 0.3) is 0 Å². The number of rotatable bonds is 5. The normalized spacial score (nSPS) is 20.7. The van der Waals surface area contributed by atoms with Crippen LogP contribution in [-0.2, 0) is 14.3 Å². The van der Waals surface area contributed by atoms with Crippen LogP contribution in [0.3, 0.4) is 0 Å². The highest BCUT2D eigenvalue weighted by Gasteiger charge is 2.31. The first-order valence-electron chi connectivity index (χ1n) is 9.30. The van der Waals surface area contributed by atoms with Gasteiger partial charge in [-0.3, -0.25) is 14.5 Å². The average Bonchev–Trinajstić information content (AvgIpc) is 2.55. The van der Waals surface area contributed by atoms with Crippen LogP contribution in [0, 0.1) is 5.92 Å². The van der Waals surface area contributed by atoms with Crippen molar-refractivity contribution in [3.63, 3.8) is 0 Å². The number of hydrogen-bond acceptors (Lipinski definition) is 4. The second-order valence-electron chi connectivity index (χ2n) is 7.48. The Morgan fingerprint density at radius 2 is 1.54 bits per heavy atom. The molecule has 2 heterocycles. The quantitative estimate of drug-likeness (QED) is 0.755. The van der Waals surface area contributed by atoms with E-state index in [1.807, 2.05) is 9.80 Å². The van der Waals surface area contributed by atoms with Crippen molar-refractivity contribution in [2.45, 2.75) is 52.6 Å². The van der Waals surface area contributed by atoms with Crippen LogP contribution in [0.15, 0.2) is 0 Å². The van der Waals surface area contributed by atoms with E-state index in [0.29, 0.717) is 19.8 Å². The molecule has 2 fully saturated rings. The molecule has 0 unspecified atom stereocenters. The van der Waals surface area contributed by atoms with Crippen LogP contribution in [0.25, 0.3) is 0 Å². The van der Waals surface area contributed by atoms with Gasteiger partial charge >= 0.3 is 0 Å². The summed E-state index contributed by atoms with van der Waals surface area (Å²) in [4.78, 5) is 31.2. The number of nitrogens with zero attached hydrogens (tertiary/aromatic N) is 3. The standard InChI is InChI=1S/C18H33N3O3/c1-14(2)21(15(3)4)17(22)13-19-7-5-16(6-8-19)18(23)20-9-11-24-12-10-20/h14-16H,5-13H2,1-4H3. The minimum absolute atomic E-state index is 0.112. The van der Waals surface area contributed by atoms with Crippen molar-refractivity contribution in [2.24, 2.45) is 5.92 Å². The Morgan fingerprint density at radius 3 is 2.04 bits per heavy atom. The number of carbonyl (C=O) groups is 2. The van der Waals surface area contributed by atoms with Gasteiger partial charge in [0.05, 0.1) is 19.8 Å². The van der Waals surface area contributed by atoms with E-state index in [9.17, 15) is 9.59 Å². The molecular formula is C18H33N3O3. The van der Waals surface area contributed by atoms with Gasteiger partial charge in [0, 0.05) is 31.1 Å². The number of morpholine rings is 1. The van der Waals surface area contributed by atoms with Crippen LogP contribution in [-0.4, -0.2) is 84.5 Å². The summed E-state index contributed by atoms with van der Waals surface area (Å²) in [5.41, 5.74) is 0. The molecule has 138 valence electrons. The maximum atomic E-state index is 12.6. The fourth-order valence-corrected chi connectivity index (χ4v) is 3.83. The Kier molecular flexibility index (Phi) is 7.04. The SMILES string of the molecule is CC(C)N(C(=O)CN1CCC(C(=O)N2CCOCC2)CC1)C(C)C. The molecule has 0 aromatic rings. The maximum Gasteiger partial charge on any atom is 0.237 e. The zero-order chi connectivity index (χ0) is 17.7. The molecule has 2 aliphatic rings. The van der Waals surface area contributed by atoms with Gasteiger partial charge in [0.15, 0.2) is 0 Å². The molecule has 6 heteroatoms. The van der Waals surface area contributed by atoms with Crippen molar-refractivity contribution in [1.29, 1.82) is 0 Å². The number of carbonyl (C=O) groups excluding carboxylic acids is 2. The van der Waals surface area contributed by atoms with Crippen LogP contribution in [0.5, 0.6) is 0 Å². The fourth-order valence-electron chi connectivity index (χ4n) is 3.83. The number of amides is 2. The van der Waals surface area contributed by atoms with E-state index in [0.717, 1.165) is 39.0 Å². The molecule has 2 saturated heterocycles. The van der Waals surface area contributed by atoms with Gasteiger partial charge in [-0.15, -0.1) is 0 Å². The van der Waals surface area contributed by atoms with Crippen LogP contribution >= 0.6 is 0 Å². The summed E-state index contributed by atoms with van der Waals surface area (Å²) in [5.74, 6) is 0.578. The smallest absolute Gasteiger partial charge is 0.237 e. The van der Waals surface area contributed by atoms with Crippen molar-refractivity contribution in [1.82, 2.24) is 14.7 Å². The highest BCUT2D eigenvalue weighted by molar-refractivity contribution is 5.80. The lowest BCUT2D eigenvalue weighted by atomic mass is 9.95. The minimum atomic E-state index is 0.112. The zero-order valence-corrected chi connectivity index (χ0v) is 15.7. The van der Waals surface area contributed by atoms with Crippen molar-refractivity contribution in [3.8, 4) is 0 Å². The summed E-state index contributed by atoms with van der Waals surface area (Å²) in [6, 6.07) is 0.441. The number of ether oxygens (including phenoxy) is 1. The molecule has 0 atom stereocenters. The molecule has 2 amide bonds. The van der Waals surface area contributed by atoms with Crippen molar-refractivity contribution in [2.75, 3.05) is 45.9 Å². The number of likely N-dealkylation sites (tertiary alicyclic amines) is 1. The van der Waals surface area contributed by atoms with Crippen molar-refractivity contribution >= 4 is 11.8 Å². The lowest BCUT2D eigenvalue weighted by Gasteiger charge is -2.37. The fraction of sp³-hybridized carbons (Fsp3) is 0.889. The lowest BCUT2D eigenvalue weighted by Crippen LogP contribution is -2.50. The molecule has 0 N–H and O–H groups in total. The summed E-state index contributed by atoms with van der Waals surface area (Å²) in [6.07, 6.45) is 1.71. The number of hydrogen-bond donors (Lipinski definition) is 0. The van der Waals surface area contributed by atoms with Gasteiger partial charge in [-0.1, -0.05) is 0 Å². The first kappa shape index (κ1) is 19.2. The highest BCUT2D eigenvalue weighted by atomic mass is 16.5. The Bertz CT molecular complexity index is 417. The third-order valence-corrected chi connectivity index (χ3v) is 5.02.